The van der Waals surface area contributed by atoms with E-state index in [1.54, 1.807) is 0 Å². The predicted molar refractivity (Wildman–Crippen MR) is 49.8 cm³/mol. The summed E-state index contributed by atoms with van der Waals surface area (Å²) < 4.78 is 4.54. The Hall–Kier alpha value is -1.75. The highest BCUT2D eigenvalue weighted by Crippen LogP contribution is 2.25. The van der Waals surface area contributed by atoms with Gasteiger partial charge in [-0.05, 0) is 17.7 Å². The van der Waals surface area contributed by atoms with Gasteiger partial charge in [-0.25, -0.2) is 4.42 Å². The number of nitro groups is 1. The Morgan fingerprint density at radius 1 is 1.57 bits per heavy atom. The van der Waals surface area contributed by atoms with Crippen molar-refractivity contribution >= 4 is 29.3 Å². The summed E-state index contributed by atoms with van der Waals surface area (Å²) in [5.74, 6) is -0.0146. The Morgan fingerprint density at radius 3 is 2.64 bits per heavy atom. The number of nitrogens with zero attached hydrogens (tertiary/aromatic N) is 1. The molecule has 0 aliphatic heterocycles. The Balaban J connectivity index is 3.32. The van der Waals surface area contributed by atoms with Crippen molar-refractivity contribution in [2.75, 3.05) is 0 Å². The quantitative estimate of drug-likeness (QED) is 0.335. The van der Waals surface area contributed by atoms with Crippen molar-refractivity contribution in [3.63, 3.8) is 0 Å². The molecule has 0 bridgehead atoms. The average Bonchev–Trinajstić information content (AvgIpc) is 2.16. The van der Waals surface area contributed by atoms with Crippen LogP contribution in [0.4, 0.5) is 5.69 Å². The summed E-state index contributed by atoms with van der Waals surface area (Å²) in [6.07, 6.45) is 0. The molecule has 5 nitrogen and oxygen atoms in total. The molecule has 0 saturated heterocycles. The van der Waals surface area contributed by atoms with Gasteiger partial charge in [0.05, 0.1) is 4.92 Å². The van der Waals surface area contributed by atoms with Crippen LogP contribution in [-0.4, -0.2) is 17.0 Å². The van der Waals surface area contributed by atoms with E-state index in [-0.39, 0.29) is 17.0 Å². The maximum absolute atomic E-state index is 10.8. The molecule has 1 aromatic carbocycles. The van der Waals surface area contributed by atoms with E-state index in [9.17, 15) is 14.9 Å². The van der Waals surface area contributed by atoms with Crippen LogP contribution in [-0.2, 0) is 4.42 Å². The van der Waals surface area contributed by atoms with Gasteiger partial charge < -0.3 is 0 Å². The maximum Gasteiger partial charge on any atom is 0.370 e. The number of carbonyl (C=O) groups is 1. The van der Waals surface area contributed by atoms with E-state index in [2.05, 4.69) is 11.2 Å². The molecular weight excluding hydrogens is 210 g/mol. The van der Waals surface area contributed by atoms with Crippen molar-refractivity contribution in [3.05, 3.63) is 33.9 Å². The van der Waals surface area contributed by atoms with E-state index in [0.717, 1.165) is 12.1 Å². The second-order valence-corrected chi connectivity index (χ2v) is 2.70. The van der Waals surface area contributed by atoms with Gasteiger partial charge in [0.2, 0.25) is 0 Å². The third-order valence-corrected chi connectivity index (χ3v) is 1.75. The third kappa shape index (κ3) is 1.94. The number of hydrogen-bond donors (Lipinski definition) is 0. The first kappa shape index (κ1) is 10.3. The first-order valence-corrected chi connectivity index (χ1v) is 3.84. The second-order valence-electron chi connectivity index (χ2n) is 2.36. The van der Waals surface area contributed by atoms with Crippen LogP contribution in [0.25, 0.3) is 0 Å². The van der Waals surface area contributed by atoms with Crippen molar-refractivity contribution in [2.24, 2.45) is 0 Å². The molecule has 0 fully saturated rings. The molecule has 72 valence electrons. The van der Waals surface area contributed by atoms with Gasteiger partial charge in [0, 0.05) is 6.07 Å². The number of benzene rings is 1. The van der Waals surface area contributed by atoms with Gasteiger partial charge in [-0.1, -0.05) is 0 Å². The molecule has 0 spiro atoms. The molecule has 0 aliphatic rings. The van der Waals surface area contributed by atoms with Gasteiger partial charge >= 0.3 is 5.75 Å². The minimum atomic E-state index is -0.751. The van der Waals surface area contributed by atoms with Gasteiger partial charge in [0.15, 0.2) is 0 Å². The summed E-state index contributed by atoms with van der Waals surface area (Å²) in [5, 5.41) is 9.61. The first-order chi connectivity index (χ1) is 6.56. The van der Waals surface area contributed by atoms with E-state index in [4.69, 9.17) is 11.6 Å². The number of rotatable bonds is 3. The van der Waals surface area contributed by atoms with Gasteiger partial charge in [0.1, 0.15) is 11.6 Å². The van der Waals surface area contributed by atoms with Gasteiger partial charge in [-0.3, -0.25) is 14.9 Å². The number of halogens is 1. The standard InChI is InChI=1S/C8H5ClNO4/c1-14-7-4-5(10(12)13)2-3-6(7)8(9)11/h2-4H,1H2/q+1. The molecule has 0 heterocycles. The van der Waals surface area contributed by atoms with Crippen LogP contribution in [0.1, 0.15) is 10.4 Å². The lowest BCUT2D eigenvalue weighted by molar-refractivity contribution is -0.388. The van der Waals surface area contributed by atoms with Crippen LogP contribution in [0.3, 0.4) is 0 Å². The lowest BCUT2D eigenvalue weighted by atomic mass is 10.2. The third-order valence-electron chi connectivity index (χ3n) is 1.54. The van der Waals surface area contributed by atoms with Gasteiger partial charge in [-0.15, -0.1) is 0 Å². The van der Waals surface area contributed by atoms with E-state index < -0.39 is 10.2 Å². The zero-order chi connectivity index (χ0) is 10.7. The van der Waals surface area contributed by atoms with Crippen LogP contribution in [0.2, 0.25) is 0 Å². The molecule has 0 saturated carbocycles. The molecule has 1 rings (SSSR count). The topological polar surface area (TPSA) is 71.5 Å². The van der Waals surface area contributed by atoms with E-state index in [1.807, 2.05) is 0 Å². The molecule has 0 amide bonds. The van der Waals surface area contributed by atoms with Crippen molar-refractivity contribution < 1.29 is 14.1 Å². The smallest absolute Gasteiger partial charge is 0.275 e. The molecule has 0 aliphatic carbocycles. The second kappa shape index (κ2) is 3.97. The summed E-state index contributed by atoms with van der Waals surface area (Å²) in [6.45, 7) is 3.07. The van der Waals surface area contributed by atoms with Crippen molar-refractivity contribution in [1.29, 1.82) is 0 Å². The minimum absolute atomic E-state index is 0.0146. The highest BCUT2D eigenvalue weighted by molar-refractivity contribution is 6.68. The molecule has 0 aromatic heterocycles. The molecule has 0 N–H and O–H groups in total. The van der Waals surface area contributed by atoms with E-state index >= 15 is 0 Å². The first-order valence-electron chi connectivity index (χ1n) is 3.46. The molecular formula is C8H5ClNO4+. The Bertz CT molecular complexity index is 416. The summed E-state index contributed by atoms with van der Waals surface area (Å²) in [4.78, 5) is 20.5. The van der Waals surface area contributed by atoms with Crippen molar-refractivity contribution in [1.82, 2.24) is 0 Å². The molecule has 1 aromatic rings. The largest absolute Gasteiger partial charge is 0.370 e. The summed E-state index contributed by atoms with van der Waals surface area (Å²) in [7, 11) is 0. The lowest BCUT2D eigenvalue weighted by Gasteiger charge is -1.92. The van der Waals surface area contributed by atoms with Crippen LogP contribution in [0, 0.1) is 10.1 Å². The fourth-order valence-electron chi connectivity index (χ4n) is 0.906. The number of carbonyl (C=O) groups excluding carboxylic acids is 2. The van der Waals surface area contributed by atoms with E-state index in [0.29, 0.717) is 0 Å². The molecule has 0 atom stereocenters. The highest BCUT2D eigenvalue weighted by atomic mass is 35.5. The van der Waals surface area contributed by atoms with Crippen molar-refractivity contribution in [3.8, 4) is 5.75 Å². The Kier molecular flexibility index (Phi) is 2.93. The minimum Gasteiger partial charge on any atom is -0.275 e. The number of non-ortho nitro benzene ring substituents is 1. The summed E-state index contributed by atoms with van der Waals surface area (Å²) >= 11 is 5.20. The highest BCUT2D eigenvalue weighted by Gasteiger charge is 2.21. The van der Waals surface area contributed by atoms with Crippen molar-refractivity contribution in [2.45, 2.75) is 0 Å². The average molecular weight is 215 g/mol. The monoisotopic (exact) mass is 214 g/mol. The Morgan fingerprint density at radius 2 is 2.21 bits per heavy atom. The maximum atomic E-state index is 10.8. The molecule has 0 unspecified atom stereocenters. The number of hydrogen-bond acceptors (Lipinski definition) is 3. The normalized spacial score (nSPS) is 9.50. The molecule has 6 heteroatoms. The van der Waals surface area contributed by atoms with Crippen LogP contribution >= 0.6 is 11.6 Å². The lowest BCUT2D eigenvalue weighted by Crippen LogP contribution is -1.93. The fraction of sp³-hybridized carbons (Fsp3) is 0. The van der Waals surface area contributed by atoms with Crippen LogP contribution < -0.4 is 0 Å². The summed E-state index contributed by atoms with van der Waals surface area (Å²) in [6, 6.07) is 3.47. The van der Waals surface area contributed by atoms with Gasteiger partial charge in [-0.2, -0.15) is 0 Å². The van der Waals surface area contributed by atoms with Crippen LogP contribution in [0.5, 0.6) is 5.75 Å². The van der Waals surface area contributed by atoms with Gasteiger partial charge in [0.25, 0.3) is 17.7 Å². The number of nitro benzene ring substituents is 1. The SMILES string of the molecule is C=[O+]c1cc([N+](=O)[O-])ccc1C(=O)Cl. The zero-order valence-electron chi connectivity index (χ0n) is 6.90. The molecule has 0 radical (unpaired) electrons. The summed E-state index contributed by atoms with van der Waals surface area (Å²) in [5.41, 5.74) is -0.141. The fourth-order valence-corrected chi connectivity index (χ4v) is 1.06. The zero-order valence-corrected chi connectivity index (χ0v) is 7.65. The predicted octanol–water partition coefficient (Wildman–Crippen LogP) is 2.05. The van der Waals surface area contributed by atoms with E-state index in [1.165, 1.54) is 6.07 Å². The van der Waals surface area contributed by atoms with Crippen LogP contribution in [0.15, 0.2) is 18.2 Å². The molecule has 14 heavy (non-hydrogen) atoms. The Labute approximate surface area is 83.8 Å².